The molecule has 0 radical (unpaired) electrons. The van der Waals surface area contributed by atoms with Crippen molar-refractivity contribution >= 4 is 11.8 Å². The van der Waals surface area contributed by atoms with Crippen molar-refractivity contribution in [1.82, 2.24) is 20.4 Å². The van der Waals surface area contributed by atoms with Gasteiger partial charge in [-0.3, -0.25) is 14.6 Å². The summed E-state index contributed by atoms with van der Waals surface area (Å²) < 4.78 is 5.41. The number of benzene rings is 1. The number of hydrogen-bond acceptors (Lipinski definition) is 5. The van der Waals surface area contributed by atoms with E-state index in [0.29, 0.717) is 17.9 Å². The van der Waals surface area contributed by atoms with Crippen molar-refractivity contribution in [3.8, 4) is 0 Å². The van der Waals surface area contributed by atoms with E-state index in [1.807, 2.05) is 36.1 Å². The van der Waals surface area contributed by atoms with E-state index in [2.05, 4.69) is 15.5 Å². The third-order valence-electron chi connectivity index (χ3n) is 5.63. The summed E-state index contributed by atoms with van der Waals surface area (Å²) in [5.74, 6) is 0.105. The molecule has 1 fully saturated rings. The number of amides is 2. The molecule has 1 aliphatic carbocycles. The maximum atomic E-state index is 13.1. The minimum atomic E-state index is -0.304. The number of aryl methyl sites for hydroxylation is 1. The van der Waals surface area contributed by atoms with Gasteiger partial charge in [-0.25, -0.2) is 0 Å². The lowest BCUT2D eigenvalue weighted by molar-refractivity contribution is 0.0643. The second-order valence-corrected chi connectivity index (χ2v) is 7.96. The van der Waals surface area contributed by atoms with E-state index < -0.39 is 0 Å². The zero-order valence-corrected chi connectivity index (χ0v) is 17.6. The second kappa shape index (κ2) is 9.55. The van der Waals surface area contributed by atoms with Gasteiger partial charge in [-0.1, -0.05) is 47.8 Å². The molecule has 2 aromatic heterocycles. The lowest BCUT2D eigenvalue weighted by atomic mass is 10.1. The van der Waals surface area contributed by atoms with Gasteiger partial charge in [-0.15, -0.1) is 0 Å². The summed E-state index contributed by atoms with van der Waals surface area (Å²) in [5.41, 5.74) is 2.94. The van der Waals surface area contributed by atoms with Gasteiger partial charge in [0.25, 0.3) is 11.8 Å². The zero-order valence-electron chi connectivity index (χ0n) is 17.6. The van der Waals surface area contributed by atoms with Crippen LogP contribution in [0.2, 0.25) is 0 Å². The SMILES string of the molecule is Cc1ccc(CNC(=O)c2cc(CN(C(=O)c3cccnc3)C3CCCC3)on2)cc1. The molecule has 3 aromatic rings. The van der Waals surface area contributed by atoms with E-state index in [1.54, 1.807) is 30.6 Å². The van der Waals surface area contributed by atoms with Crippen LogP contribution in [0.25, 0.3) is 0 Å². The monoisotopic (exact) mass is 418 g/mol. The topological polar surface area (TPSA) is 88.3 Å². The summed E-state index contributed by atoms with van der Waals surface area (Å²) in [7, 11) is 0. The van der Waals surface area contributed by atoms with Crippen molar-refractivity contribution in [3.05, 3.63) is 83.0 Å². The number of carbonyl (C=O) groups excluding carboxylic acids is 2. The predicted molar refractivity (Wildman–Crippen MR) is 115 cm³/mol. The summed E-state index contributed by atoms with van der Waals surface area (Å²) >= 11 is 0. The van der Waals surface area contributed by atoms with Crippen LogP contribution in [0.4, 0.5) is 0 Å². The summed E-state index contributed by atoms with van der Waals surface area (Å²) in [4.78, 5) is 31.5. The molecule has 4 rings (SSSR count). The van der Waals surface area contributed by atoms with Crippen LogP contribution in [-0.2, 0) is 13.1 Å². The van der Waals surface area contributed by atoms with Crippen LogP contribution in [0, 0.1) is 6.92 Å². The number of aromatic nitrogens is 2. The molecule has 7 nitrogen and oxygen atoms in total. The van der Waals surface area contributed by atoms with Gasteiger partial charge >= 0.3 is 0 Å². The molecule has 160 valence electrons. The Bertz CT molecular complexity index is 1020. The van der Waals surface area contributed by atoms with Crippen LogP contribution in [0.3, 0.4) is 0 Å². The molecule has 1 aliphatic rings. The number of pyridine rings is 1. The highest BCUT2D eigenvalue weighted by atomic mass is 16.5. The van der Waals surface area contributed by atoms with E-state index in [4.69, 9.17) is 4.52 Å². The van der Waals surface area contributed by atoms with E-state index in [0.717, 1.165) is 31.2 Å². The minimum absolute atomic E-state index is 0.0817. The first-order chi connectivity index (χ1) is 15.1. The number of rotatable bonds is 7. The highest BCUT2D eigenvalue weighted by Crippen LogP contribution is 2.26. The quantitative estimate of drug-likeness (QED) is 0.629. The Hall–Kier alpha value is -3.48. The molecule has 0 spiro atoms. The van der Waals surface area contributed by atoms with Crippen molar-refractivity contribution in [2.75, 3.05) is 0 Å². The van der Waals surface area contributed by atoms with Gasteiger partial charge in [0.05, 0.1) is 12.1 Å². The number of nitrogens with one attached hydrogen (secondary N) is 1. The van der Waals surface area contributed by atoms with Crippen LogP contribution < -0.4 is 5.32 Å². The van der Waals surface area contributed by atoms with E-state index >= 15 is 0 Å². The van der Waals surface area contributed by atoms with Gasteiger partial charge in [-0.2, -0.15) is 0 Å². The Morgan fingerprint density at radius 3 is 2.65 bits per heavy atom. The Kier molecular flexibility index (Phi) is 6.40. The van der Waals surface area contributed by atoms with Gasteiger partial charge in [-0.05, 0) is 37.5 Å². The lowest BCUT2D eigenvalue weighted by Gasteiger charge is -2.28. The van der Waals surface area contributed by atoms with Gasteiger partial charge in [0, 0.05) is 31.0 Å². The molecule has 0 bridgehead atoms. The van der Waals surface area contributed by atoms with Crippen molar-refractivity contribution in [3.63, 3.8) is 0 Å². The molecule has 7 heteroatoms. The van der Waals surface area contributed by atoms with Gasteiger partial charge < -0.3 is 14.7 Å². The second-order valence-electron chi connectivity index (χ2n) is 7.96. The molecular weight excluding hydrogens is 392 g/mol. The van der Waals surface area contributed by atoms with Crippen molar-refractivity contribution in [2.24, 2.45) is 0 Å². The summed E-state index contributed by atoms with van der Waals surface area (Å²) in [6.45, 7) is 2.71. The van der Waals surface area contributed by atoms with Crippen molar-refractivity contribution in [2.45, 2.75) is 51.7 Å². The smallest absolute Gasteiger partial charge is 0.273 e. The van der Waals surface area contributed by atoms with E-state index in [1.165, 1.54) is 5.56 Å². The Labute approximate surface area is 181 Å². The van der Waals surface area contributed by atoms with E-state index in [-0.39, 0.29) is 30.1 Å². The van der Waals surface area contributed by atoms with Gasteiger partial charge in [0.15, 0.2) is 11.5 Å². The maximum absolute atomic E-state index is 13.1. The molecule has 0 saturated heterocycles. The van der Waals surface area contributed by atoms with Gasteiger partial charge in [0.2, 0.25) is 0 Å². The number of carbonyl (C=O) groups is 2. The molecule has 0 unspecified atom stereocenters. The van der Waals surface area contributed by atoms with Crippen LogP contribution in [0.15, 0.2) is 59.4 Å². The first-order valence-electron chi connectivity index (χ1n) is 10.6. The fourth-order valence-electron chi connectivity index (χ4n) is 3.88. The Balaban J connectivity index is 1.43. The highest BCUT2D eigenvalue weighted by molar-refractivity contribution is 5.94. The minimum Gasteiger partial charge on any atom is -0.359 e. The third-order valence-corrected chi connectivity index (χ3v) is 5.63. The van der Waals surface area contributed by atoms with Crippen molar-refractivity contribution < 1.29 is 14.1 Å². The molecule has 2 amide bonds. The van der Waals surface area contributed by atoms with Crippen molar-refractivity contribution in [1.29, 1.82) is 0 Å². The van der Waals surface area contributed by atoms with E-state index in [9.17, 15) is 9.59 Å². The summed E-state index contributed by atoms with van der Waals surface area (Å²) in [6.07, 6.45) is 7.35. The molecule has 1 N–H and O–H groups in total. The fourth-order valence-corrected chi connectivity index (χ4v) is 3.88. The van der Waals surface area contributed by atoms with Crippen LogP contribution in [0.5, 0.6) is 0 Å². The molecule has 2 heterocycles. The standard InChI is InChI=1S/C24H26N4O3/c1-17-8-10-18(11-9-17)14-26-23(29)22-13-21(31-27-22)16-28(20-6-2-3-7-20)24(30)19-5-4-12-25-15-19/h4-5,8-13,15,20H,2-3,6-7,14,16H2,1H3,(H,26,29). The average Bonchev–Trinajstić information content (AvgIpc) is 3.49. The Morgan fingerprint density at radius 2 is 1.94 bits per heavy atom. The molecular formula is C24H26N4O3. The van der Waals surface area contributed by atoms with Crippen LogP contribution in [-0.4, -0.2) is 32.9 Å². The zero-order chi connectivity index (χ0) is 21.6. The number of hydrogen-bond donors (Lipinski definition) is 1. The lowest BCUT2D eigenvalue weighted by Crippen LogP contribution is -2.38. The first-order valence-corrected chi connectivity index (χ1v) is 10.6. The predicted octanol–water partition coefficient (Wildman–Crippen LogP) is 3.89. The third kappa shape index (κ3) is 5.17. The molecule has 31 heavy (non-hydrogen) atoms. The first kappa shape index (κ1) is 20.8. The normalized spacial score (nSPS) is 13.8. The molecule has 0 aliphatic heterocycles. The molecule has 1 aromatic carbocycles. The molecule has 0 atom stereocenters. The molecule has 1 saturated carbocycles. The van der Waals surface area contributed by atoms with Crippen LogP contribution in [0.1, 0.15) is 63.4 Å². The maximum Gasteiger partial charge on any atom is 0.273 e. The summed E-state index contributed by atoms with van der Waals surface area (Å²) in [5, 5.41) is 6.77. The largest absolute Gasteiger partial charge is 0.359 e. The Morgan fingerprint density at radius 1 is 1.16 bits per heavy atom. The average molecular weight is 418 g/mol. The number of nitrogens with zero attached hydrogens (tertiary/aromatic N) is 3. The van der Waals surface area contributed by atoms with Crippen LogP contribution >= 0.6 is 0 Å². The fraction of sp³-hybridized carbons (Fsp3) is 0.333. The highest BCUT2D eigenvalue weighted by Gasteiger charge is 2.29. The van der Waals surface area contributed by atoms with Gasteiger partial charge in [0.1, 0.15) is 0 Å². The summed E-state index contributed by atoms with van der Waals surface area (Å²) in [6, 6.07) is 13.3.